The lowest BCUT2D eigenvalue weighted by atomic mass is 9.72. The topological polar surface area (TPSA) is 64.3 Å². The molecule has 110 valence electrons. The Bertz CT molecular complexity index is 717. The van der Waals surface area contributed by atoms with E-state index in [9.17, 15) is 9.18 Å². The average molecular weight is 306 g/mol. The highest BCUT2D eigenvalue weighted by molar-refractivity contribution is 7.20. The van der Waals surface area contributed by atoms with Crippen LogP contribution in [0.25, 0.3) is 10.1 Å². The van der Waals surface area contributed by atoms with Crippen LogP contribution in [0.4, 0.5) is 4.39 Å². The van der Waals surface area contributed by atoms with E-state index in [1.807, 2.05) is 0 Å². The molecule has 1 aliphatic heterocycles. The van der Waals surface area contributed by atoms with Crippen molar-refractivity contribution in [1.82, 2.24) is 5.32 Å². The number of halogens is 1. The van der Waals surface area contributed by atoms with E-state index >= 15 is 0 Å². The zero-order valence-corrected chi connectivity index (χ0v) is 12.0. The number of amides is 1. The van der Waals surface area contributed by atoms with E-state index in [4.69, 9.17) is 10.5 Å². The summed E-state index contributed by atoms with van der Waals surface area (Å²) >= 11 is 1.29. The third kappa shape index (κ3) is 2.06. The quantitative estimate of drug-likeness (QED) is 0.890. The van der Waals surface area contributed by atoms with Gasteiger partial charge in [-0.3, -0.25) is 4.79 Å². The van der Waals surface area contributed by atoms with Crippen LogP contribution in [0.2, 0.25) is 0 Å². The fourth-order valence-electron chi connectivity index (χ4n) is 3.27. The number of carbonyl (C=O) groups excluding carboxylic acids is 1. The lowest BCUT2D eigenvalue weighted by molar-refractivity contribution is -0.0160. The number of hydrogen-bond acceptors (Lipinski definition) is 4. The van der Waals surface area contributed by atoms with Gasteiger partial charge in [-0.05, 0) is 30.0 Å². The van der Waals surface area contributed by atoms with E-state index in [0.717, 1.165) is 23.1 Å². The minimum absolute atomic E-state index is 0.0340. The van der Waals surface area contributed by atoms with Crippen molar-refractivity contribution in [2.75, 3.05) is 6.61 Å². The standard InChI is InChI=1S/C15H15FN2O2S/c16-8-2-1-7-5-11(21-10(7)6-8)15(19)18-13-12(17)9-3-4-20-14(9)13/h1-2,5-6,9,12-14H,3-4,17H2,(H,18,19). The number of benzene rings is 1. The predicted octanol–water partition coefficient (Wildman–Crippen LogP) is 1.88. The number of rotatable bonds is 2. The van der Waals surface area contributed by atoms with Crippen molar-refractivity contribution in [3.8, 4) is 0 Å². The summed E-state index contributed by atoms with van der Waals surface area (Å²) in [6.45, 7) is 0.720. The molecule has 1 aliphatic carbocycles. The molecule has 6 heteroatoms. The van der Waals surface area contributed by atoms with Crippen LogP contribution in [0, 0.1) is 11.7 Å². The Hall–Kier alpha value is -1.50. The second-order valence-corrected chi connectivity index (χ2v) is 6.74. The lowest BCUT2D eigenvalue weighted by Gasteiger charge is -2.45. The Morgan fingerprint density at radius 3 is 3.14 bits per heavy atom. The normalized spacial score (nSPS) is 31.0. The van der Waals surface area contributed by atoms with Gasteiger partial charge in [0.05, 0.1) is 17.0 Å². The molecule has 2 aromatic rings. The van der Waals surface area contributed by atoms with E-state index in [1.54, 1.807) is 12.1 Å². The molecule has 21 heavy (non-hydrogen) atoms. The maximum atomic E-state index is 13.2. The van der Waals surface area contributed by atoms with E-state index in [-0.39, 0.29) is 29.9 Å². The summed E-state index contributed by atoms with van der Waals surface area (Å²) in [6, 6.07) is 6.16. The second kappa shape index (κ2) is 4.76. The third-order valence-electron chi connectivity index (χ3n) is 4.45. The van der Waals surface area contributed by atoms with Gasteiger partial charge in [-0.2, -0.15) is 0 Å². The maximum Gasteiger partial charge on any atom is 0.261 e. The van der Waals surface area contributed by atoms with Crippen molar-refractivity contribution in [3.05, 3.63) is 35.0 Å². The summed E-state index contributed by atoms with van der Waals surface area (Å²) in [4.78, 5) is 12.9. The Morgan fingerprint density at radius 1 is 1.43 bits per heavy atom. The Balaban J connectivity index is 1.53. The molecule has 4 rings (SSSR count). The van der Waals surface area contributed by atoms with E-state index in [1.165, 1.54) is 23.5 Å². The first kappa shape index (κ1) is 13.2. The van der Waals surface area contributed by atoms with Crippen molar-refractivity contribution in [3.63, 3.8) is 0 Å². The summed E-state index contributed by atoms with van der Waals surface area (Å²) in [7, 11) is 0. The number of carbonyl (C=O) groups is 1. The number of hydrogen-bond donors (Lipinski definition) is 2. The van der Waals surface area contributed by atoms with Crippen LogP contribution in [-0.2, 0) is 4.74 Å². The molecule has 3 N–H and O–H groups in total. The average Bonchev–Trinajstić information content (AvgIpc) is 3.08. The van der Waals surface area contributed by atoms with Crippen LogP contribution in [0.15, 0.2) is 24.3 Å². The molecule has 4 unspecified atom stereocenters. The van der Waals surface area contributed by atoms with Crippen molar-refractivity contribution in [2.45, 2.75) is 24.6 Å². The zero-order valence-electron chi connectivity index (χ0n) is 11.2. The summed E-state index contributed by atoms with van der Waals surface area (Å²) in [5.41, 5.74) is 6.09. The number of ether oxygens (including phenoxy) is 1. The van der Waals surface area contributed by atoms with Crippen LogP contribution >= 0.6 is 11.3 Å². The summed E-state index contributed by atoms with van der Waals surface area (Å²) < 4.78 is 19.6. The van der Waals surface area contributed by atoms with Gasteiger partial charge in [0.1, 0.15) is 5.82 Å². The molecule has 4 atom stereocenters. The van der Waals surface area contributed by atoms with Gasteiger partial charge in [-0.1, -0.05) is 6.07 Å². The van der Waals surface area contributed by atoms with Gasteiger partial charge in [-0.15, -0.1) is 11.3 Å². The fourth-order valence-corrected chi connectivity index (χ4v) is 4.26. The molecule has 1 amide bonds. The van der Waals surface area contributed by atoms with Gasteiger partial charge in [0.15, 0.2) is 0 Å². The first-order valence-corrected chi connectivity index (χ1v) is 7.82. The molecule has 2 fully saturated rings. The van der Waals surface area contributed by atoms with Crippen molar-refractivity contribution in [2.24, 2.45) is 11.7 Å². The summed E-state index contributed by atoms with van der Waals surface area (Å²) in [5, 5.41) is 3.83. The summed E-state index contributed by atoms with van der Waals surface area (Å²) in [6.07, 6.45) is 1.02. The van der Waals surface area contributed by atoms with E-state index in [0.29, 0.717) is 10.8 Å². The van der Waals surface area contributed by atoms with Crippen LogP contribution < -0.4 is 11.1 Å². The first-order valence-electron chi connectivity index (χ1n) is 7.00. The van der Waals surface area contributed by atoms with Gasteiger partial charge in [0.2, 0.25) is 0 Å². The zero-order chi connectivity index (χ0) is 14.6. The van der Waals surface area contributed by atoms with Crippen LogP contribution in [0.1, 0.15) is 16.1 Å². The van der Waals surface area contributed by atoms with E-state index < -0.39 is 0 Å². The van der Waals surface area contributed by atoms with Gasteiger partial charge < -0.3 is 15.8 Å². The molecule has 1 saturated carbocycles. The maximum absolute atomic E-state index is 13.2. The molecule has 1 aromatic heterocycles. The molecule has 1 aromatic carbocycles. The number of nitrogens with two attached hydrogens (primary N) is 1. The highest BCUT2D eigenvalue weighted by atomic mass is 32.1. The Labute approximate surface area is 125 Å². The monoisotopic (exact) mass is 306 g/mol. The molecular weight excluding hydrogens is 291 g/mol. The molecule has 0 bridgehead atoms. The fraction of sp³-hybridized carbons (Fsp3) is 0.400. The highest BCUT2D eigenvalue weighted by Crippen LogP contribution is 2.38. The number of thiophene rings is 1. The largest absolute Gasteiger partial charge is 0.376 e. The summed E-state index contributed by atoms with van der Waals surface area (Å²) in [5.74, 6) is -0.0858. The minimum atomic E-state index is -0.292. The molecule has 2 heterocycles. The molecule has 2 aliphatic rings. The number of fused-ring (bicyclic) bond motifs is 2. The number of nitrogens with one attached hydrogen (secondary N) is 1. The Kier molecular flexibility index (Phi) is 2.99. The SMILES string of the molecule is NC1C2CCOC2C1NC(=O)c1cc2ccc(F)cc2s1. The van der Waals surface area contributed by atoms with Gasteiger partial charge in [0.25, 0.3) is 5.91 Å². The minimum Gasteiger partial charge on any atom is -0.376 e. The van der Waals surface area contributed by atoms with E-state index in [2.05, 4.69) is 5.32 Å². The second-order valence-electron chi connectivity index (χ2n) is 5.66. The lowest BCUT2D eigenvalue weighted by Crippen LogP contribution is -2.68. The van der Waals surface area contributed by atoms with Gasteiger partial charge >= 0.3 is 0 Å². The van der Waals surface area contributed by atoms with Gasteiger partial charge in [-0.25, -0.2) is 4.39 Å². The molecule has 1 saturated heterocycles. The van der Waals surface area contributed by atoms with Gasteiger partial charge in [0, 0.05) is 23.3 Å². The molecule has 0 spiro atoms. The highest BCUT2D eigenvalue weighted by Gasteiger charge is 2.52. The van der Waals surface area contributed by atoms with Crippen molar-refractivity contribution in [1.29, 1.82) is 0 Å². The smallest absolute Gasteiger partial charge is 0.261 e. The third-order valence-corrected chi connectivity index (χ3v) is 5.55. The van der Waals surface area contributed by atoms with Crippen LogP contribution in [0.3, 0.4) is 0 Å². The molecular formula is C15H15FN2O2S. The van der Waals surface area contributed by atoms with Crippen LogP contribution in [0.5, 0.6) is 0 Å². The molecule has 4 nitrogen and oxygen atoms in total. The molecule has 0 radical (unpaired) electrons. The Morgan fingerprint density at radius 2 is 2.29 bits per heavy atom. The van der Waals surface area contributed by atoms with Crippen molar-refractivity contribution >= 4 is 27.3 Å². The van der Waals surface area contributed by atoms with Crippen LogP contribution in [-0.4, -0.2) is 30.7 Å². The first-order chi connectivity index (χ1) is 10.1. The predicted molar refractivity (Wildman–Crippen MR) is 78.9 cm³/mol. The van der Waals surface area contributed by atoms with Crippen molar-refractivity contribution < 1.29 is 13.9 Å².